The number of hydrogen-bond donors (Lipinski definition) is 2. The molecule has 0 aromatic heterocycles. The van der Waals surface area contributed by atoms with E-state index in [1.54, 1.807) is 36.4 Å². The number of benzene rings is 3. The molecular weight excluding hydrogens is 478 g/mol. The third kappa shape index (κ3) is 6.45. The molecule has 2 N–H and O–H groups in total. The van der Waals surface area contributed by atoms with Gasteiger partial charge in [-0.3, -0.25) is 9.59 Å². The number of ether oxygens (including phenoxy) is 3. The van der Waals surface area contributed by atoms with Crippen molar-refractivity contribution in [1.82, 2.24) is 5.32 Å². The third-order valence-corrected chi connectivity index (χ3v) is 5.86. The number of amidine groups is 1. The molecule has 8 nitrogen and oxygen atoms in total. The summed E-state index contributed by atoms with van der Waals surface area (Å²) in [5.74, 6) is 0.974. The van der Waals surface area contributed by atoms with Crippen molar-refractivity contribution in [3.63, 3.8) is 0 Å². The molecule has 1 saturated heterocycles. The lowest BCUT2D eigenvalue weighted by Crippen LogP contribution is -2.20. The Hall–Kier alpha value is -4.24. The van der Waals surface area contributed by atoms with Gasteiger partial charge in [-0.05, 0) is 67.2 Å². The van der Waals surface area contributed by atoms with Crippen LogP contribution in [0, 0.1) is 0 Å². The lowest BCUT2D eigenvalue weighted by Gasteiger charge is -2.13. The summed E-state index contributed by atoms with van der Waals surface area (Å²) in [7, 11) is 1.52. The van der Waals surface area contributed by atoms with Gasteiger partial charge < -0.3 is 24.8 Å². The predicted molar refractivity (Wildman–Crippen MR) is 142 cm³/mol. The Balaban J connectivity index is 1.49. The molecule has 0 unspecified atom stereocenters. The van der Waals surface area contributed by atoms with E-state index in [2.05, 4.69) is 15.6 Å². The van der Waals surface area contributed by atoms with E-state index in [0.717, 1.165) is 5.75 Å². The molecule has 0 bridgehead atoms. The van der Waals surface area contributed by atoms with E-state index in [4.69, 9.17) is 14.2 Å². The zero-order valence-electron chi connectivity index (χ0n) is 19.8. The van der Waals surface area contributed by atoms with Gasteiger partial charge in [-0.15, -0.1) is 0 Å². The molecule has 4 rings (SSSR count). The fraction of sp³-hybridized carbons (Fsp3) is 0.148. The van der Waals surface area contributed by atoms with Crippen LogP contribution in [0.2, 0.25) is 0 Å². The van der Waals surface area contributed by atoms with Gasteiger partial charge in [-0.1, -0.05) is 30.3 Å². The molecule has 0 radical (unpaired) electrons. The van der Waals surface area contributed by atoms with Gasteiger partial charge in [0.05, 0.1) is 24.3 Å². The number of carbonyl (C=O) groups is 2. The van der Waals surface area contributed by atoms with Gasteiger partial charge in [0.2, 0.25) is 0 Å². The van der Waals surface area contributed by atoms with Gasteiger partial charge in [0, 0.05) is 11.3 Å². The molecule has 0 saturated carbocycles. The van der Waals surface area contributed by atoms with Crippen molar-refractivity contribution >= 4 is 46.2 Å². The van der Waals surface area contributed by atoms with Crippen LogP contribution in [0.15, 0.2) is 82.7 Å². The largest absolute Gasteiger partial charge is 0.494 e. The van der Waals surface area contributed by atoms with E-state index < -0.39 is 0 Å². The number of methoxy groups -OCH3 is 1. The van der Waals surface area contributed by atoms with Crippen molar-refractivity contribution in [3.05, 3.63) is 83.3 Å². The minimum Gasteiger partial charge on any atom is -0.494 e. The fourth-order valence-corrected chi connectivity index (χ4v) is 4.17. The van der Waals surface area contributed by atoms with Gasteiger partial charge in [0.15, 0.2) is 23.3 Å². The maximum atomic E-state index is 12.6. The third-order valence-electron chi connectivity index (χ3n) is 4.95. The van der Waals surface area contributed by atoms with Crippen LogP contribution in [0.25, 0.3) is 6.08 Å². The second kappa shape index (κ2) is 11.9. The Morgan fingerprint density at radius 3 is 2.53 bits per heavy atom. The highest BCUT2D eigenvalue weighted by molar-refractivity contribution is 8.18. The summed E-state index contributed by atoms with van der Waals surface area (Å²) in [4.78, 5) is 29.9. The first kappa shape index (κ1) is 24.9. The minimum absolute atomic E-state index is 0.227. The fourth-order valence-electron chi connectivity index (χ4n) is 3.34. The monoisotopic (exact) mass is 503 g/mol. The Kier molecular flexibility index (Phi) is 8.25. The molecule has 0 spiro atoms. The standard InChI is InChI=1S/C27H25N3O5S/c1-3-34-21-14-12-20(13-15-21)29-27-30-26(32)23(36-27)16-18-8-7-11-22(33-2)25(18)35-17-24(31)28-19-9-5-4-6-10-19/h4-16H,3,17H2,1-2H3,(H,28,31)(H,29,30,32)/b23-16+. The minimum atomic E-state index is -0.316. The Morgan fingerprint density at radius 2 is 1.81 bits per heavy atom. The van der Waals surface area contributed by atoms with Gasteiger partial charge in [0.1, 0.15) is 5.75 Å². The van der Waals surface area contributed by atoms with Crippen LogP contribution in [-0.2, 0) is 9.59 Å². The molecule has 1 heterocycles. The van der Waals surface area contributed by atoms with E-state index in [9.17, 15) is 9.59 Å². The molecule has 36 heavy (non-hydrogen) atoms. The van der Waals surface area contributed by atoms with Crippen molar-refractivity contribution < 1.29 is 23.8 Å². The quantitative estimate of drug-likeness (QED) is 0.399. The summed E-state index contributed by atoms with van der Waals surface area (Å²) in [6.07, 6.45) is 1.69. The van der Waals surface area contributed by atoms with Crippen LogP contribution in [-0.4, -0.2) is 37.3 Å². The van der Waals surface area contributed by atoms with Gasteiger partial charge in [0.25, 0.3) is 11.8 Å². The number of nitrogens with zero attached hydrogens (tertiary/aromatic N) is 1. The topological polar surface area (TPSA) is 98.2 Å². The van der Waals surface area contributed by atoms with Crippen molar-refractivity contribution in [2.45, 2.75) is 6.92 Å². The number of aliphatic imine (C=N–C) groups is 1. The second-order valence-corrected chi connectivity index (χ2v) is 8.52. The summed E-state index contributed by atoms with van der Waals surface area (Å²) < 4.78 is 16.7. The highest BCUT2D eigenvalue weighted by Crippen LogP contribution is 2.36. The van der Waals surface area contributed by atoms with E-state index in [1.165, 1.54) is 18.9 Å². The van der Waals surface area contributed by atoms with Gasteiger partial charge in [-0.25, -0.2) is 4.99 Å². The molecule has 1 aliphatic rings. The zero-order valence-corrected chi connectivity index (χ0v) is 20.6. The van der Waals surface area contributed by atoms with E-state index in [1.807, 2.05) is 49.4 Å². The van der Waals surface area contributed by atoms with E-state index in [-0.39, 0.29) is 18.4 Å². The summed E-state index contributed by atoms with van der Waals surface area (Å²) in [6.45, 7) is 2.28. The summed E-state index contributed by atoms with van der Waals surface area (Å²) >= 11 is 1.21. The molecule has 1 aliphatic heterocycles. The van der Waals surface area contributed by atoms with Crippen LogP contribution in [0.1, 0.15) is 12.5 Å². The Labute approximate surface area is 213 Å². The smallest absolute Gasteiger partial charge is 0.264 e. The lowest BCUT2D eigenvalue weighted by molar-refractivity contribution is -0.118. The molecule has 3 aromatic rings. The van der Waals surface area contributed by atoms with E-state index >= 15 is 0 Å². The number of carbonyl (C=O) groups excluding carboxylic acids is 2. The Bertz CT molecular complexity index is 1290. The molecule has 3 aromatic carbocycles. The summed E-state index contributed by atoms with van der Waals surface area (Å²) in [6, 6.07) is 21.7. The first-order valence-corrected chi connectivity index (χ1v) is 12.0. The molecule has 2 amide bonds. The normalized spacial score (nSPS) is 15.0. The molecule has 9 heteroatoms. The number of amides is 2. The molecule has 0 atom stereocenters. The van der Waals surface area contributed by atoms with Crippen LogP contribution < -0.4 is 24.8 Å². The average Bonchev–Trinajstić information content (AvgIpc) is 3.23. The molecular formula is C27H25N3O5S. The molecule has 184 valence electrons. The first-order chi connectivity index (χ1) is 17.6. The second-order valence-electron chi connectivity index (χ2n) is 7.49. The van der Waals surface area contributed by atoms with Crippen LogP contribution in [0.3, 0.4) is 0 Å². The SMILES string of the molecule is CCOc1ccc(N=C2NC(=O)/C(=C\c3cccc(OC)c3OCC(=O)Nc3ccccc3)S2)cc1. The number of nitrogens with one attached hydrogen (secondary N) is 2. The predicted octanol–water partition coefficient (Wildman–Crippen LogP) is 5.00. The van der Waals surface area contributed by atoms with Crippen molar-refractivity contribution in [2.24, 2.45) is 4.99 Å². The first-order valence-electron chi connectivity index (χ1n) is 11.2. The number of para-hydroxylation sites is 2. The highest BCUT2D eigenvalue weighted by Gasteiger charge is 2.25. The number of hydrogen-bond acceptors (Lipinski definition) is 7. The summed E-state index contributed by atoms with van der Waals surface area (Å²) in [5, 5.41) is 6.01. The van der Waals surface area contributed by atoms with Crippen LogP contribution in [0.4, 0.5) is 11.4 Å². The maximum Gasteiger partial charge on any atom is 0.264 e. The van der Waals surface area contributed by atoms with Crippen molar-refractivity contribution in [1.29, 1.82) is 0 Å². The van der Waals surface area contributed by atoms with Crippen LogP contribution >= 0.6 is 11.8 Å². The van der Waals surface area contributed by atoms with Crippen molar-refractivity contribution in [2.75, 3.05) is 25.6 Å². The average molecular weight is 504 g/mol. The summed E-state index contributed by atoms with van der Waals surface area (Å²) in [5.41, 5.74) is 1.96. The van der Waals surface area contributed by atoms with Crippen LogP contribution in [0.5, 0.6) is 17.2 Å². The zero-order chi connectivity index (χ0) is 25.3. The van der Waals surface area contributed by atoms with Gasteiger partial charge in [-0.2, -0.15) is 0 Å². The van der Waals surface area contributed by atoms with E-state index in [0.29, 0.717) is 45.1 Å². The number of anilines is 1. The number of rotatable bonds is 9. The van der Waals surface area contributed by atoms with Crippen molar-refractivity contribution in [3.8, 4) is 17.2 Å². The molecule has 1 fully saturated rings. The highest BCUT2D eigenvalue weighted by atomic mass is 32.2. The van der Waals surface area contributed by atoms with Gasteiger partial charge >= 0.3 is 0 Å². The maximum absolute atomic E-state index is 12.6. The number of thioether (sulfide) groups is 1. The lowest BCUT2D eigenvalue weighted by atomic mass is 10.1. The molecule has 0 aliphatic carbocycles. The Morgan fingerprint density at radius 1 is 1.03 bits per heavy atom.